The van der Waals surface area contributed by atoms with Crippen LogP contribution in [0.4, 0.5) is 0 Å². The Balaban J connectivity index is 1.91. The Morgan fingerprint density at radius 3 is 2.48 bits per heavy atom. The maximum absolute atomic E-state index is 2.49. The highest BCUT2D eigenvalue weighted by Gasteiger charge is 2.43. The van der Waals surface area contributed by atoms with Gasteiger partial charge in [0.05, 0.1) is 5.56 Å². The number of fused-ring (bicyclic) bond motifs is 6. The molecular formula is C24H24N+. The molecule has 3 aromatic rings. The van der Waals surface area contributed by atoms with Crippen LogP contribution in [-0.4, -0.2) is 0 Å². The van der Waals surface area contributed by atoms with Crippen LogP contribution in [0.25, 0.3) is 22.4 Å². The molecule has 1 heterocycles. The molecule has 124 valence electrons. The van der Waals surface area contributed by atoms with E-state index in [1.165, 1.54) is 55.8 Å². The van der Waals surface area contributed by atoms with Crippen LogP contribution in [0.1, 0.15) is 47.2 Å². The van der Waals surface area contributed by atoms with Crippen LogP contribution in [0.5, 0.6) is 0 Å². The zero-order valence-electron chi connectivity index (χ0n) is 15.7. The van der Waals surface area contributed by atoms with E-state index in [-0.39, 0.29) is 5.41 Å². The maximum atomic E-state index is 2.49. The first-order chi connectivity index (χ1) is 11.9. The quantitative estimate of drug-likeness (QED) is 0.400. The summed E-state index contributed by atoms with van der Waals surface area (Å²) in [4.78, 5) is 0. The van der Waals surface area contributed by atoms with Gasteiger partial charge in [-0.05, 0) is 59.7 Å². The average molecular weight is 326 g/mol. The van der Waals surface area contributed by atoms with Gasteiger partial charge < -0.3 is 0 Å². The van der Waals surface area contributed by atoms with Crippen molar-refractivity contribution in [3.8, 4) is 22.4 Å². The van der Waals surface area contributed by atoms with Gasteiger partial charge >= 0.3 is 0 Å². The first kappa shape index (κ1) is 14.9. The minimum Gasteiger partial charge on any atom is -0.200 e. The van der Waals surface area contributed by atoms with E-state index in [4.69, 9.17) is 0 Å². The van der Waals surface area contributed by atoms with Crippen LogP contribution < -0.4 is 4.57 Å². The van der Waals surface area contributed by atoms with Crippen LogP contribution in [0.15, 0.2) is 42.6 Å². The molecule has 0 aliphatic heterocycles. The molecular weight excluding hydrogens is 302 g/mol. The predicted octanol–water partition coefficient (Wildman–Crippen LogP) is 5.01. The molecule has 0 atom stereocenters. The second-order valence-electron chi connectivity index (χ2n) is 8.31. The summed E-state index contributed by atoms with van der Waals surface area (Å²) in [6, 6.07) is 13.8. The molecule has 0 spiro atoms. The first-order valence-electron chi connectivity index (χ1n) is 9.16. The Hall–Kier alpha value is -2.41. The Morgan fingerprint density at radius 2 is 1.68 bits per heavy atom. The highest BCUT2D eigenvalue weighted by Crippen LogP contribution is 2.53. The van der Waals surface area contributed by atoms with Crippen molar-refractivity contribution in [1.29, 1.82) is 0 Å². The van der Waals surface area contributed by atoms with Crippen LogP contribution in [0, 0.1) is 13.8 Å². The van der Waals surface area contributed by atoms with Crippen molar-refractivity contribution >= 4 is 0 Å². The molecule has 0 radical (unpaired) electrons. The summed E-state index contributed by atoms with van der Waals surface area (Å²) in [5.41, 5.74) is 14.5. The van der Waals surface area contributed by atoms with Gasteiger partial charge in [0.15, 0.2) is 6.20 Å². The molecule has 0 saturated heterocycles. The lowest BCUT2D eigenvalue weighted by molar-refractivity contribution is -0.660. The molecule has 0 amide bonds. The third-order valence-corrected chi connectivity index (χ3v) is 6.29. The van der Waals surface area contributed by atoms with Crippen molar-refractivity contribution in [2.75, 3.05) is 0 Å². The second-order valence-corrected chi connectivity index (χ2v) is 8.31. The smallest absolute Gasteiger partial charge is 0.200 e. The van der Waals surface area contributed by atoms with Gasteiger partial charge in [-0.1, -0.05) is 44.2 Å². The highest BCUT2D eigenvalue weighted by atomic mass is 14.9. The van der Waals surface area contributed by atoms with Gasteiger partial charge in [-0.25, -0.2) is 4.57 Å². The van der Waals surface area contributed by atoms with Crippen molar-refractivity contribution < 1.29 is 4.57 Å². The number of aryl methyl sites for hydroxylation is 2. The normalized spacial score (nSPS) is 15.6. The highest BCUT2D eigenvalue weighted by molar-refractivity contribution is 5.89. The summed E-state index contributed by atoms with van der Waals surface area (Å²) in [7, 11) is 2.19. The SMILES string of the molecule is Cc1cc2c([n+](C)c1)-c1c(cc3c(c1C)-c1ccccc1C3)C2(C)C. The summed E-state index contributed by atoms with van der Waals surface area (Å²) in [6.45, 7) is 9.28. The lowest BCUT2D eigenvalue weighted by atomic mass is 9.80. The predicted molar refractivity (Wildman–Crippen MR) is 103 cm³/mol. The summed E-state index contributed by atoms with van der Waals surface area (Å²) >= 11 is 0. The van der Waals surface area contributed by atoms with E-state index < -0.39 is 0 Å². The topological polar surface area (TPSA) is 3.88 Å². The molecule has 1 heteroatoms. The van der Waals surface area contributed by atoms with Crippen molar-refractivity contribution in [3.63, 3.8) is 0 Å². The molecule has 0 fully saturated rings. The lowest BCUT2D eigenvalue weighted by Gasteiger charge is -2.21. The molecule has 5 rings (SSSR count). The van der Waals surface area contributed by atoms with E-state index in [2.05, 4.69) is 81.9 Å². The van der Waals surface area contributed by atoms with Crippen molar-refractivity contribution in [2.45, 2.75) is 39.5 Å². The van der Waals surface area contributed by atoms with Crippen LogP contribution >= 0.6 is 0 Å². The zero-order valence-corrected chi connectivity index (χ0v) is 15.7. The number of pyridine rings is 1. The summed E-state index contributed by atoms with van der Waals surface area (Å²) in [5.74, 6) is 0. The van der Waals surface area contributed by atoms with E-state index in [1.54, 1.807) is 0 Å². The maximum Gasteiger partial charge on any atom is 0.216 e. The van der Waals surface area contributed by atoms with E-state index in [0.29, 0.717) is 0 Å². The Kier molecular flexibility index (Phi) is 2.74. The van der Waals surface area contributed by atoms with Gasteiger partial charge in [-0.15, -0.1) is 0 Å². The standard InChI is InChI=1S/C24H24N/c1-14-10-20-23(25(5)13-14)22-15(2)21-17(12-19(22)24(20,3)4)11-16-8-6-7-9-18(16)21/h6-10,12-13H,11H2,1-5H3/q+1. The fourth-order valence-corrected chi connectivity index (χ4v) is 5.15. The van der Waals surface area contributed by atoms with Crippen LogP contribution in [-0.2, 0) is 18.9 Å². The van der Waals surface area contributed by atoms with Gasteiger partial charge in [0.1, 0.15) is 7.05 Å². The first-order valence-corrected chi connectivity index (χ1v) is 9.16. The van der Waals surface area contributed by atoms with Crippen LogP contribution in [0.3, 0.4) is 0 Å². The van der Waals surface area contributed by atoms with Crippen LogP contribution in [0.2, 0.25) is 0 Å². The largest absolute Gasteiger partial charge is 0.216 e. The Labute approximate surface area is 150 Å². The number of hydrogen-bond donors (Lipinski definition) is 0. The molecule has 2 aromatic carbocycles. The minimum atomic E-state index is 0.0585. The fourth-order valence-electron chi connectivity index (χ4n) is 5.15. The van der Waals surface area contributed by atoms with Gasteiger partial charge in [0.25, 0.3) is 0 Å². The Morgan fingerprint density at radius 1 is 0.920 bits per heavy atom. The van der Waals surface area contributed by atoms with E-state index in [1.807, 2.05) is 0 Å². The fraction of sp³-hybridized carbons (Fsp3) is 0.292. The van der Waals surface area contributed by atoms with Gasteiger partial charge in [-0.2, -0.15) is 0 Å². The van der Waals surface area contributed by atoms with Gasteiger partial charge in [0, 0.05) is 16.5 Å². The molecule has 25 heavy (non-hydrogen) atoms. The lowest BCUT2D eigenvalue weighted by Crippen LogP contribution is -2.32. The van der Waals surface area contributed by atoms with E-state index >= 15 is 0 Å². The zero-order chi connectivity index (χ0) is 17.5. The minimum absolute atomic E-state index is 0.0585. The molecule has 0 bridgehead atoms. The number of hydrogen-bond acceptors (Lipinski definition) is 0. The number of nitrogens with zero attached hydrogens (tertiary/aromatic N) is 1. The van der Waals surface area contributed by atoms with E-state index in [9.17, 15) is 0 Å². The molecule has 2 aliphatic carbocycles. The molecule has 2 aliphatic rings. The number of benzene rings is 2. The molecule has 0 unspecified atom stereocenters. The third-order valence-electron chi connectivity index (χ3n) is 6.29. The molecule has 1 aromatic heterocycles. The molecule has 0 saturated carbocycles. The number of rotatable bonds is 0. The molecule has 0 N–H and O–H groups in total. The monoisotopic (exact) mass is 326 g/mol. The summed E-state index contributed by atoms with van der Waals surface area (Å²) in [6.07, 6.45) is 3.32. The Bertz CT molecular complexity index is 1070. The van der Waals surface area contributed by atoms with E-state index in [0.717, 1.165) is 6.42 Å². The second kappa shape index (κ2) is 4.60. The summed E-state index contributed by atoms with van der Waals surface area (Å²) in [5, 5.41) is 0. The van der Waals surface area contributed by atoms with Crippen molar-refractivity contribution in [3.05, 3.63) is 76.0 Å². The number of aromatic nitrogens is 1. The third kappa shape index (κ3) is 1.76. The van der Waals surface area contributed by atoms with Gasteiger partial charge in [0.2, 0.25) is 5.69 Å². The summed E-state index contributed by atoms with van der Waals surface area (Å²) < 4.78 is 2.33. The molecule has 1 nitrogen and oxygen atoms in total. The van der Waals surface area contributed by atoms with Crippen molar-refractivity contribution in [2.24, 2.45) is 7.05 Å². The average Bonchev–Trinajstić information content (AvgIpc) is 3.03. The van der Waals surface area contributed by atoms with Gasteiger partial charge in [-0.3, -0.25) is 0 Å². The van der Waals surface area contributed by atoms with Crippen molar-refractivity contribution in [1.82, 2.24) is 0 Å².